The molecule has 0 aliphatic carbocycles. The van der Waals surface area contributed by atoms with Gasteiger partial charge in [0.05, 0.1) is 23.4 Å². The van der Waals surface area contributed by atoms with Crippen molar-refractivity contribution in [1.82, 2.24) is 0 Å². The summed E-state index contributed by atoms with van der Waals surface area (Å²) >= 11 is 0. The minimum absolute atomic E-state index is 0.0133. The zero-order chi connectivity index (χ0) is 20.3. The summed E-state index contributed by atoms with van der Waals surface area (Å²) < 4.78 is 39.0. The van der Waals surface area contributed by atoms with Crippen LogP contribution in [0.4, 0.5) is 24.5 Å². The minimum Gasteiger partial charge on any atom is -0.325 e. The predicted octanol–water partition coefficient (Wildman–Crippen LogP) is 5.00. The molecule has 144 valence electrons. The molecule has 0 saturated heterocycles. The number of carbonyl (C=O) groups excluding carboxylic acids is 2. The second-order valence-corrected chi connectivity index (χ2v) is 6.35. The van der Waals surface area contributed by atoms with Crippen molar-refractivity contribution < 1.29 is 22.8 Å². The Morgan fingerprint density at radius 2 is 1.57 bits per heavy atom. The van der Waals surface area contributed by atoms with Gasteiger partial charge in [0.2, 0.25) is 11.8 Å². The van der Waals surface area contributed by atoms with Crippen LogP contribution in [-0.2, 0) is 22.2 Å². The largest absolute Gasteiger partial charge is 0.416 e. The Morgan fingerprint density at radius 1 is 0.857 bits per heavy atom. The molecule has 0 unspecified atom stereocenters. The molecule has 3 rings (SSSR count). The van der Waals surface area contributed by atoms with Crippen LogP contribution >= 0.6 is 0 Å². The maximum atomic E-state index is 13.0. The molecular weight excluding hydrogens is 369 g/mol. The van der Waals surface area contributed by atoms with Gasteiger partial charge in [-0.1, -0.05) is 42.5 Å². The lowest BCUT2D eigenvalue weighted by molar-refractivity contribution is -0.137. The van der Waals surface area contributed by atoms with Gasteiger partial charge < -0.3 is 10.6 Å². The number of benzene rings is 3. The molecule has 0 saturated carbocycles. The molecule has 4 nitrogen and oxygen atoms in total. The Kier molecular flexibility index (Phi) is 5.35. The van der Waals surface area contributed by atoms with Crippen molar-refractivity contribution in [3.8, 4) is 0 Å². The number of fused-ring (bicyclic) bond motifs is 1. The summed E-state index contributed by atoms with van der Waals surface area (Å²) in [6, 6.07) is 16.0. The molecule has 28 heavy (non-hydrogen) atoms. The van der Waals surface area contributed by atoms with Crippen LogP contribution in [0.25, 0.3) is 10.8 Å². The van der Waals surface area contributed by atoms with E-state index < -0.39 is 23.6 Å². The fourth-order valence-corrected chi connectivity index (χ4v) is 2.85. The number of carbonyl (C=O) groups is 2. The third-order valence-corrected chi connectivity index (χ3v) is 4.11. The van der Waals surface area contributed by atoms with Gasteiger partial charge in [0.25, 0.3) is 0 Å². The first-order valence-corrected chi connectivity index (χ1v) is 8.49. The average molecular weight is 386 g/mol. The number of halogens is 3. The number of anilines is 2. The Balaban J connectivity index is 1.83. The van der Waals surface area contributed by atoms with Gasteiger partial charge in [0.15, 0.2) is 0 Å². The molecule has 2 amide bonds. The summed E-state index contributed by atoms with van der Waals surface area (Å²) in [7, 11) is 0. The molecule has 0 fully saturated rings. The van der Waals surface area contributed by atoms with Crippen LogP contribution in [0.15, 0.2) is 60.7 Å². The van der Waals surface area contributed by atoms with Gasteiger partial charge in [-0.05, 0) is 34.5 Å². The standard InChI is InChI=1S/C21H17F3N2O2/c1-13(27)25-18-9-8-17(21(22,23)24)12-19(18)26-20(28)11-14-6-7-15-4-2-3-5-16(15)10-14/h2-10,12H,11H2,1H3,(H,25,27)(H,26,28). The molecule has 0 heterocycles. The van der Waals surface area contributed by atoms with Crippen molar-refractivity contribution in [1.29, 1.82) is 0 Å². The summed E-state index contributed by atoms with van der Waals surface area (Å²) in [6.07, 6.45) is -4.58. The van der Waals surface area contributed by atoms with Gasteiger partial charge >= 0.3 is 6.18 Å². The zero-order valence-electron chi connectivity index (χ0n) is 14.9. The van der Waals surface area contributed by atoms with Crippen LogP contribution in [0.2, 0.25) is 0 Å². The maximum absolute atomic E-state index is 13.0. The number of alkyl halides is 3. The fraction of sp³-hybridized carbons (Fsp3) is 0.143. The van der Waals surface area contributed by atoms with E-state index in [0.717, 1.165) is 34.5 Å². The summed E-state index contributed by atoms with van der Waals surface area (Å²) in [5, 5.41) is 6.88. The van der Waals surface area contributed by atoms with E-state index >= 15 is 0 Å². The molecule has 0 radical (unpaired) electrons. The van der Waals surface area contributed by atoms with Crippen molar-refractivity contribution in [2.45, 2.75) is 19.5 Å². The number of rotatable bonds is 4. The summed E-state index contributed by atoms with van der Waals surface area (Å²) in [5.74, 6) is -0.939. The predicted molar refractivity (Wildman–Crippen MR) is 102 cm³/mol. The van der Waals surface area contributed by atoms with Gasteiger partial charge in [-0.2, -0.15) is 13.2 Å². The molecule has 0 aliphatic heterocycles. The second-order valence-electron chi connectivity index (χ2n) is 6.35. The van der Waals surface area contributed by atoms with E-state index in [1.165, 1.54) is 6.92 Å². The van der Waals surface area contributed by atoms with E-state index in [0.29, 0.717) is 0 Å². The molecule has 3 aromatic carbocycles. The highest BCUT2D eigenvalue weighted by atomic mass is 19.4. The van der Waals surface area contributed by atoms with Crippen molar-refractivity contribution in [3.05, 3.63) is 71.8 Å². The maximum Gasteiger partial charge on any atom is 0.416 e. The quantitative estimate of drug-likeness (QED) is 0.663. The van der Waals surface area contributed by atoms with E-state index in [4.69, 9.17) is 0 Å². The van der Waals surface area contributed by atoms with Crippen molar-refractivity contribution in [3.63, 3.8) is 0 Å². The molecule has 7 heteroatoms. The molecule has 0 aliphatic rings. The molecule has 0 spiro atoms. The molecule has 0 atom stereocenters. The van der Waals surface area contributed by atoms with Gasteiger partial charge in [0, 0.05) is 6.92 Å². The lowest BCUT2D eigenvalue weighted by Gasteiger charge is -2.15. The number of hydrogen-bond donors (Lipinski definition) is 2. The van der Waals surface area contributed by atoms with Gasteiger partial charge in [-0.3, -0.25) is 9.59 Å². The van der Waals surface area contributed by atoms with Crippen LogP contribution in [-0.4, -0.2) is 11.8 Å². The van der Waals surface area contributed by atoms with Crippen molar-refractivity contribution in [2.24, 2.45) is 0 Å². The van der Waals surface area contributed by atoms with Crippen LogP contribution < -0.4 is 10.6 Å². The molecule has 0 bridgehead atoms. The monoisotopic (exact) mass is 386 g/mol. The SMILES string of the molecule is CC(=O)Nc1ccc(C(F)(F)F)cc1NC(=O)Cc1ccc2ccccc2c1. The Morgan fingerprint density at radius 3 is 2.25 bits per heavy atom. The minimum atomic E-state index is -4.56. The molecule has 0 aromatic heterocycles. The zero-order valence-corrected chi connectivity index (χ0v) is 14.9. The molecule has 3 aromatic rings. The van der Waals surface area contributed by atoms with E-state index in [1.807, 2.05) is 36.4 Å². The highest BCUT2D eigenvalue weighted by Gasteiger charge is 2.31. The van der Waals surface area contributed by atoms with Crippen LogP contribution in [0, 0.1) is 0 Å². The van der Waals surface area contributed by atoms with E-state index in [1.54, 1.807) is 6.07 Å². The highest BCUT2D eigenvalue weighted by Crippen LogP contribution is 2.34. The van der Waals surface area contributed by atoms with Gasteiger partial charge in [-0.15, -0.1) is 0 Å². The fourth-order valence-electron chi connectivity index (χ4n) is 2.85. The summed E-state index contributed by atoms with van der Waals surface area (Å²) in [6.45, 7) is 1.23. The van der Waals surface area contributed by atoms with E-state index in [-0.39, 0.29) is 17.8 Å². The number of hydrogen-bond acceptors (Lipinski definition) is 2. The number of amides is 2. The van der Waals surface area contributed by atoms with Gasteiger partial charge in [0.1, 0.15) is 0 Å². The van der Waals surface area contributed by atoms with Crippen LogP contribution in [0.3, 0.4) is 0 Å². The second kappa shape index (κ2) is 7.72. The Bertz CT molecular complexity index is 1050. The van der Waals surface area contributed by atoms with Crippen molar-refractivity contribution >= 4 is 34.0 Å². The first-order valence-electron chi connectivity index (χ1n) is 8.49. The molecular formula is C21H17F3N2O2. The van der Waals surface area contributed by atoms with E-state index in [9.17, 15) is 22.8 Å². The molecule has 2 N–H and O–H groups in total. The third-order valence-electron chi connectivity index (χ3n) is 4.11. The number of nitrogens with one attached hydrogen (secondary N) is 2. The lowest BCUT2D eigenvalue weighted by atomic mass is 10.0. The Labute approximate surface area is 159 Å². The van der Waals surface area contributed by atoms with E-state index in [2.05, 4.69) is 10.6 Å². The van der Waals surface area contributed by atoms with Gasteiger partial charge in [-0.25, -0.2) is 0 Å². The first-order chi connectivity index (χ1) is 13.2. The lowest BCUT2D eigenvalue weighted by Crippen LogP contribution is -2.18. The summed E-state index contributed by atoms with van der Waals surface area (Å²) in [5.41, 5.74) is -0.185. The van der Waals surface area contributed by atoms with Crippen molar-refractivity contribution in [2.75, 3.05) is 10.6 Å². The van der Waals surface area contributed by atoms with Crippen LogP contribution in [0.5, 0.6) is 0 Å². The average Bonchev–Trinajstić information content (AvgIpc) is 2.61. The normalized spacial score (nSPS) is 11.3. The third kappa shape index (κ3) is 4.68. The summed E-state index contributed by atoms with van der Waals surface area (Å²) in [4.78, 5) is 23.7. The first kappa shape index (κ1) is 19.4. The van der Waals surface area contributed by atoms with Crippen LogP contribution in [0.1, 0.15) is 18.1 Å². The smallest absolute Gasteiger partial charge is 0.325 e. The Hall–Kier alpha value is -3.35. The topological polar surface area (TPSA) is 58.2 Å². The highest BCUT2D eigenvalue weighted by molar-refractivity contribution is 6.00.